The Hall–Kier alpha value is -6.36. The zero-order valence-electron chi connectivity index (χ0n) is 47.5. The summed E-state index contributed by atoms with van der Waals surface area (Å²) in [6, 6.07) is 34.3. The second-order valence-electron chi connectivity index (χ2n) is 25.1. The summed E-state index contributed by atoms with van der Waals surface area (Å²) in [4.78, 5) is 14.8. The van der Waals surface area contributed by atoms with Crippen molar-refractivity contribution in [1.82, 2.24) is 40.3 Å². The van der Waals surface area contributed by atoms with Crippen molar-refractivity contribution in [2.45, 2.75) is 157 Å². The summed E-state index contributed by atoms with van der Waals surface area (Å²) in [7, 11) is 0. The van der Waals surface area contributed by atoms with Gasteiger partial charge in [0.05, 0.1) is 28.4 Å². The maximum Gasteiger partial charge on any atom is 0.0978 e. The van der Waals surface area contributed by atoms with E-state index in [1.54, 1.807) is 17.5 Å². The minimum Gasteiger partial charge on any atom is -0.361 e. The summed E-state index contributed by atoms with van der Waals surface area (Å²) in [5, 5.41) is 26.1. The number of nitrogens with zero attached hydrogens (tertiary/aromatic N) is 4. The number of para-hydroxylation sites is 1. The van der Waals surface area contributed by atoms with Crippen LogP contribution in [0.15, 0.2) is 145 Å². The number of rotatable bonds is 0. The van der Waals surface area contributed by atoms with Crippen LogP contribution < -0.4 is 0 Å². The number of aromatic amines is 4. The highest BCUT2D eigenvalue weighted by molar-refractivity contribution is 7.17. The van der Waals surface area contributed by atoms with Crippen LogP contribution in [0, 0.1) is 0 Å². The molecule has 4 N–H and O–H groups in total. The third kappa shape index (κ3) is 14.9. The van der Waals surface area contributed by atoms with Gasteiger partial charge in [-0.15, -0.1) is 22.7 Å². The fraction of sp³-hybridized carbons (Fsp3) is 0.375. The van der Waals surface area contributed by atoms with Crippen molar-refractivity contribution >= 4 is 76.4 Å². The molecule has 10 heteroatoms. The third-order valence-corrected chi connectivity index (χ3v) is 14.7. The fourth-order valence-electron chi connectivity index (χ4n) is 8.49. The Morgan fingerprint density at radius 1 is 0.432 bits per heavy atom. The topological polar surface area (TPSA) is 115 Å². The van der Waals surface area contributed by atoms with Gasteiger partial charge in [-0.2, -0.15) is 10.2 Å². The van der Waals surface area contributed by atoms with Crippen LogP contribution in [0.1, 0.15) is 158 Å². The number of fused-ring (bicyclic) bond motifs is 5. The highest BCUT2D eigenvalue weighted by atomic mass is 32.1. The molecule has 7 heterocycles. The Labute approximate surface area is 449 Å². The normalized spacial score (nSPS) is 12.2. The SMILES string of the molecule is CC(C)(C)c1[nH]nc2ccccc12.CC(C)(C)c1ccc2[nH]ccc2c1.CC(C)(C)c1cccc2[nH]ccc12.CC(C)(C)c1cccc2sccc12.CC(C)(C)c1cncc2[nH]ncc12.CC(C)(C)c1nccs1. The molecule has 4 aromatic carbocycles. The molecule has 0 aliphatic carbocycles. The van der Waals surface area contributed by atoms with Crippen LogP contribution in [0.25, 0.3) is 53.7 Å². The number of nitrogens with one attached hydrogen (secondary N) is 4. The summed E-state index contributed by atoms with van der Waals surface area (Å²) in [6.07, 6.45) is 11.4. The predicted octanol–water partition coefficient (Wildman–Crippen LogP) is 18.7. The molecule has 0 unspecified atom stereocenters. The summed E-state index contributed by atoms with van der Waals surface area (Å²) >= 11 is 3.54. The van der Waals surface area contributed by atoms with Gasteiger partial charge < -0.3 is 9.97 Å². The van der Waals surface area contributed by atoms with E-state index in [2.05, 4.69) is 249 Å². The van der Waals surface area contributed by atoms with E-state index in [1.807, 2.05) is 65.9 Å². The molecule has 7 aromatic heterocycles. The minimum absolute atomic E-state index is 0.121. The van der Waals surface area contributed by atoms with Crippen LogP contribution >= 0.6 is 22.7 Å². The minimum atomic E-state index is 0.121. The number of hydrogen-bond donors (Lipinski definition) is 4. The predicted molar refractivity (Wildman–Crippen MR) is 323 cm³/mol. The molecular formula is C64H82N8S2. The summed E-state index contributed by atoms with van der Waals surface area (Å²) < 4.78 is 1.40. The van der Waals surface area contributed by atoms with Crippen LogP contribution in [0.5, 0.6) is 0 Å². The Morgan fingerprint density at radius 2 is 1.08 bits per heavy atom. The van der Waals surface area contributed by atoms with Gasteiger partial charge in [0.25, 0.3) is 0 Å². The van der Waals surface area contributed by atoms with Crippen molar-refractivity contribution < 1.29 is 0 Å². The first-order valence-corrected chi connectivity index (χ1v) is 27.5. The van der Waals surface area contributed by atoms with Gasteiger partial charge in [-0.1, -0.05) is 173 Å². The van der Waals surface area contributed by atoms with Crippen molar-refractivity contribution in [2.75, 3.05) is 0 Å². The largest absolute Gasteiger partial charge is 0.361 e. The number of benzene rings is 4. The first kappa shape index (κ1) is 56.9. The van der Waals surface area contributed by atoms with Gasteiger partial charge in [-0.25, -0.2) is 4.98 Å². The van der Waals surface area contributed by atoms with Gasteiger partial charge in [-0.3, -0.25) is 15.2 Å². The highest BCUT2D eigenvalue weighted by Gasteiger charge is 2.21. The Bertz CT molecular complexity index is 3250. The first-order chi connectivity index (χ1) is 34.5. The second-order valence-corrected chi connectivity index (χ2v) is 27.0. The molecule has 0 fully saturated rings. The number of hydrogen-bond acceptors (Lipinski definition) is 6. The molecule has 0 saturated carbocycles. The lowest BCUT2D eigenvalue weighted by molar-refractivity contribution is 0.571. The van der Waals surface area contributed by atoms with E-state index >= 15 is 0 Å². The molecule has 0 radical (unpaired) electrons. The number of pyridine rings is 1. The standard InChI is InChI=1S/2C12H15N.C12H14S.C11H14N2.C10H13N3.C7H11NS/c1-12(2,3)10-4-5-11-9(8-10)6-7-13-11;2*1-12(2,3)10-5-4-6-11-9(10)7-8-13-11;1-11(2,3)10-8-6-4-5-7-9(8)12-13-10;1-10(2,3)8-5-11-6-9-7(8)4-12-13-9;1-7(2,3)6-8-4-5-9-6/h2*4-8,13H,1-3H3;4-8H,1-3H3;4-7H,1-3H3,(H,12,13);4-6H,1-3H3,(H,12,13);4-5H,1-3H3. The van der Waals surface area contributed by atoms with Crippen LogP contribution in [-0.2, 0) is 32.5 Å². The molecule has 0 spiro atoms. The summed E-state index contributed by atoms with van der Waals surface area (Å²) in [5.74, 6) is 0. The monoisotopic (exact) mass is 1030 g/mol. The Kier molecular flexibility index (Phi) is 17.7. The van der Waals surface area contributed by atoms with Crippen LogP contribution in [-0.4, -0.2) is 40.3 Å². The lowest BCUT2D eigenvalue weighted by Crippen LogP contribution is -2.11. The van der Waals surface area contributed by atoms with E-state index in [-0.39, 0.29) is 32.5 Å². The quantitative estimate of drug-likeness (QED) is 0.121. The zero-order chi connectivity index (χ0) is 54.3. The van der Waals surface area contributed by atoms with E-state index in [4.69, 9.17) is 0 Å². The van der Waals surface area contributed by atoms with E-state index in [0.29, 0.717) is 0 Å². The molecule has 0 bridgehead atoms. The maximum atomic E-state index is 4.26. The molecule has 11 aromatic rings. The smallest absolute Gasteiger partial charge is 0.0978 e. The van der Waals surface area contributed by atoms with Crippen molar-refractivity contribution in [3.63, 3.8) is 0 Å². The van der Waals surface area contributed by atoms with E-state index < -0.39 is 0 Å². The zero-order valence-corrected chi connectivity index (χ0v) is 49.1. The molecule has 74 heavy (non-hydrogen) atoms. The van der Waals surface area contributed by atoms with Gasteiger partial charge in [0.1, 0.15) is 0 Å². The molecule has 0 saturated heterocycles. The Morgan fingerprint density at radius 3 is 1.70 bits per heavy atom. The number of thiazole rings is 1. The average Bonchev–Trinajstić information content (AvgIpc) is 4.18. The van der Waals surface area contributed by atoms with Crippen molar-refractivity contribution in [3.8, 4) is 0 Å². The molecule has 11 rings (SSSR count). The molecule has 0 aliphatic rings. The van der Waals surface area contributed by atoms with E-state index in [0.717, 1.165) is 11.0 Å². The number of H-pyrrole nitrogens is 4. The molecule has 0 atom stereocenters. The highest BCUT2D eigenvalue weighted by Crippen LogP contribution is 2.34. The lowest BCUT2D eigenvalue weighted by atomic mass is 9.85. The van der Waals surface area contributed by atoms with Crippen molar-refractivity contribution in [3.05, 3.63) is 178 Å². The molecule has 390 valence electrons. The van der Waals surface area contributed by atoms with Crippen molar-refractivity contribution in [2.24, 2.45) is 0 Å². The summed E-state index contributed by atoms with van der Waals surface area (Å²) in [6.45, 7) is 39.8. The molecule has 0 amide bonds. The van der Waals surface area contributed by atoms with E-state index in [9.17, 15) is 0 Å². The van der Waals surface area contributed by atoms with E-state index in [1.165, 1.54) is 75.6 Å². The summed E-state index contributed by atoms with van der Waals surface area (Å²) in [5.41, 5.74) is 12.4. The number of aromatic nitrogens is 8. The lowest BCUT2D eigenvalue weighted by Gasteiger charge is -2.19. The van der Waals surface area contributed by atoms with Crippen LogP contribution in [0.3, 0.4) is 0 Å². The fourth-order valence-corrected chi connectivity index (χ4v) is 10.0. The molecule has 0 aliphatic heterocycles. The van der Waals surface area contributed by atoms with Gasteiger partial charge >= 0.3 is 0 Å². The van der Waals surface area contributed by atoms with Crippen LogP contribution in [0.2, 0.25) is 0 Å². The Balaban J connectivity index is 0.000000145. The van der Waals surface area contributed by atoms with Gasteiger partial charge in [-0.05, 0) is 109 Å². The second kappa shape index (κ2) is 23.0. The van der Waals surface area contributed by atoms with Gasteiger partial charge in [0.2, 0.25) is 0 Å². The van der Waals surface area contributed by atoms with Crippen molar-refractivity contribution in [1.29, 1.82) is 0 Å². The maximum absolute atomic E-state index is 4.26. The first-order valence-electron chi connectivity index (χ1n) is 25.8. The average molecular weight is 1030 g/mol. The number of thiophene rings is 1. The molecule has 8 nitrogen and oxygen atoms in total. The molecular weight excluding hydrogens is 945 g/mol. The third-order valence-electron chi connectivity index (χ3n) is 12.6. The van der Waals surface area contributed by atoms with Gasteiger partial charge in [0.15, 0.2) is 0 Å². The van der Waals surface area contributed by atoms with Gasteiger partial charge in [0, 0.05) is 78.6 Å². The van der Waals surface area contributed by atoms with Crippen LogP contribution in [0.4, 0.5) is 0 Å².